The fourth-order valence-electron chi connectivity index (χ4n) is 4.14. The van der Waals surface area contributed by atoms with Crippen LogP contribution in [0.15, 0.2) is 40.9 Å². The van der Waals surface area contributed by atoms with E-state index in [1.165, 1.54) is 24.3 Å². The topological polar surface area (TPSA) is 70.8 Å². The Morgan fingerprint density at radius 3 is 2.15 bits per heavy atom. The number of carbonyl (C=O) groups excluding carboxylic acids is 2. The minimum atomic E-state index is -2.51. The van der Waals surface area contributed by atoms with Crippen LogP contribution in [0.1, 0.15) is 23.9 Å². The van der Waals surface area contributed by atoms with Crippen molar-refractivity contribution in [1.82, 2.24) is 0 Å². The summed E-state index contributed by atoms with van der Waals surface area (Å²) in [5, 5.41) is 9.29. The number of aliphatic hydroxyl groups excluding tert-OH is 1. The van der Waals surface area contributed by atoms with E-state index in [2.05, 4.69) is 6.58 Å². The van der Waals surface area contributed by atoms with Crippen LogP contribution in [0.2, 0.25) is 0 Å². The Labute approximate surface area is 192 Å². The van der Waals surface area contributed by atoms with Crippen molar-refractivity contribution in [3.8, 4) is 0 Å². The zero-order valence-electron chi connectivity index (χ0n) is 16.3. The van der Waals surface area contributed by atoms with Gasteiger partial charge in [0, 0.05) is 0 Å². The Balaban J connectivity index is 1.98. The van der Waals surface area contributed by atoms with Crippen LogP contribution in [0.3, 0.4) is 0 Å². The molecule has 12 heteroatoms. The van der Waals surface area contributed by atoms with Gasteiger partial charge in [-0.2, -0.15) is 0 Å². The smallest absolute Gasteiger partial charge is 0.258 e. The highest BCUT2D eigenvalue weighted by Gasteiger charge is 2.74. The number of aliphatic hydroxyl groups is 1. The quantitative estimate of drug-likeness (QED) is 0.216. The summed E-state index contributed by atoms with van der Waals surface area (Å²) < 4.78 is 75.7. The molecule has 0 radical (unpaired) electrons. The SMILES string of the molecule is C=CC1=CC[C@@]2(Cl)C(=O)N(c3c(F)c(F)c(F)c(F)c3F)C(=O)[C@@]2(Cl)[C@H]1c1ccc(CO)o1. The van der Waals surface area contributed by atoms with Crippen molar-refractivity contribution in [2.75, 3.05) is 4.90 Å². The summed E-state index contributed by atoms with van der Waals surface area (Å²) in [7, 11) is 0. The number of alkyl halides is 2. The lowest BCUT2D eigenvalue weighted by molar-refractivity contribution is -0.122. The number of imide groups is 1. The van der Waals surface area contributed by atoms with Crippen LogP contribution in [0.25, 0.3) is 0 Å². The second kappa shape index (κ2) is 7.68. The lowest BCUT2D eigenvalue weighted by atomic mass is 9.70. The summed E-state index contributed by atoms with van der Waals surface area (Å²) in [6.07, 6.45) is 2.24. The van der Waals surface area contributed by atoms with Gasteiger partial charge in [-0.15, -0.1) is 23.2 Å². The van der Waals surface area contributed by atoms with Crippen molar-refractivity contribution in [2.24, 2.45) is 0 Å². The largest absolute Gasteiger partial charge is 0.463 e. The molecule has 2 aliphatic rings. The van der Waals surface area contributed by atoms with Crippen LogP contribution < -0.4 is 4.90 Å². The first-order chi connectivity index (χ1) is 15.4. The number of hydrogen-bond donors (Lipinski definition) is 1. The van der Waals surface area contributed by atoms with Crippen LogP contribution in [0, 0.1) is 29.1 Å². The first-order valence-corrected chi connectivity index (χ1v) is 10.0. The number of furan rings is 1. The molecule has 4 rings (SSSR count). The van der Waals surface area contributed by atoms with E-state index in [1.54, 1.807) is 0 Å². The van der Waals surface area contributed by atoms with Gasteiger partial charge in [0.25, 0.3) is 11.8 Å². The van der Waals surface area contributed by atoms with Crippen LogP contribution in [-0.2, 0) is 16.2 Å². The van der Waals surface area contributed by atoms with Crippen molar-refractivity contribution >= 4 is 40.7 Å². The average molecular weight is 508 g/mol. The molecule has 1 aromatic heterocycles. The maximum Gasteiger partial charge on any atom is 0.258 e. The van der Waals surface area contributed by atoms with E-state index in [0.717, 1.165) is 0 Å². The van der Waals surface area contributed by atoms with E-state index in [1.807, 2.05) is 0 Å². The fourth-order valence-corrected chi connectivity index (χ4v) is 4.97. The van der Waals surface area contributed by atoms with Crippen LogP contribution >= 0.6 is 23.2 Å². The van der Waals surface area contributed by atoms with Crippen LogP contribution in [0.4, 0.5) is 27.6 Å². The van der Waals surface area contributed by atoms with Gasteiger partial charge in [0.2, 0.25) is 5.82 Å². The first-order valence-electron chi connectivity index (χ1n) is 9.25. The number of hydrogen-bond acceptors (Lipinski definition) is 4. The summed E-state index contributed by atoms with van der Waals surface area (Å²) in [6.45, 7) is 3.08. The molecule has 2 amide bonds. The molecule has 5 nitrogen and oxygen atoms in total. The van der Waals surface area contributed by atoms with Gasteiger partial charge in [-0.1, -0.05) is 18.7 Å². The van der Waals surface area contributed by atoms with Gasteiger partial charge in [-0.05, 0) is 24.1 Å². The zero-order chi connectivity index (χ0) is 24.5. The summed E-state index contributed by atoms with van der Waals surface area (Å²) >= 11 is 13.2. The first kappa shape index (κ1) is 23.5. The molecule has 1 N–H and O–H groups in total. The predicted octanol–water partition coefficient (Wildman–Crippen LogP) is 4.60. The number of benzene rings is 1. The maximum atomic E-state index is 14.5. The van der Waals surface area contributed by atoms with Crippen LogP contribution in [-0.4, -0.2) is 26.7 Å². The molecular weight excluding hydrogens is 496 g/mol. The van der Waals surface area contributed by atoms with E-state index < -0.39 is 75.3 Å². The monoisotopic (exact) mass is 507 g/mol. The fraction of sp³-hybridized carbons (Fsp3) is 0.238. The Kier molecular flexibility index (Phi) is 5.46. The minimum Gasteiger partial charge on any atom is -0.463 e. The van der Waals surface area contributed by atoms with Crippen molar-refractivity contribution in [1.29, 1.82) is 0 Å². The summed E-state index contributed by atoms with van der Waals surface area (Å²) in [6, 6.07) is 2.68. The normalized spacial score (nSPS) is 27.1. The Morgan fingerprint density at radius 1 is 1.06 bits per heavy atom. The number of nitrogens with zero attached hydrogens (tertiary/aromatic N) is 1. The van der Waals surface area contributed by atoms with Crippen molar-refractivity contribution in [2.45, 2.75) is 28.7 Å². The maximum absolute atomic E-state index is 14.5. The molecular formula is C21H12Cl2F5NO4. The van der Waals surface area contributed by atoms with E-state index in [4.69, 9.17) is 27.6 Å². The highest BCUT2D eigenvalue weighted by atomic mass is 35.5. The predicted molar refractivity (Wildman–Crippen MR) is 106 cm³/mol. The van der Waals surface area contributed by atoms with Crippen molar-refractivity contribution in [3.05, 3.63) is 77.0 Å². The van der Waals surface area contributed by atoms with E-state index in [-0.39, 0.29) is 22.0 Å². The van der Waals surface area contributed by atoms with E-state index in [9.17, 15) is 36.6 Å². The Hall–Kier alpha value is -2.69. The third kappa shape index (κ3) is 2.87. The second-order valence-electron chi connectivity index (χ2n) is 7.38. The number of carbonyl (C=O) groups is 2. The molecule has 0 spiro atoms. The number of amides is 2. The van der Waals surface area contributed by atoms with Gasteiger partial charge < -0.3 is 9.52 Å². The highest BCUT2D eigenvalue weighted by Crippen LogP contribution is 2.60. The van der Waals surface area contributed by atoms with E-state index in [0.29, 0.717) is 0 Å². The molecule has 3 atom stereocenters. The third-order valence-electron chi connectivity index (χ3n) is 5.75. The third-order valence-corrected chi connectivity index (χ3v) is 7.17. The molecule has 0 bridgehead atoms. The number of anilines is 1. The lowest BCUT2D eigenvalue weighted by Gasteiger charge is -2.41. The highest BCUT2D eigenvalue weighted by molar-refractivity contribution is 6.58. The summed E-state index contributed by atoms with van der Waals surface area (Å²) in [4.78, 5) is 21.6. The van der Waals surface area contributed by atoms with Gasteiger partial charge in [-0.3, -0.25) is 9.59 Å². The van der Waals surface area contributed by atoms with E-state index >= 15 is 0 Å². The molecule has 1 aromatic carbocycles. The molecule has 1 fully saturated rings. The Morgan fingerprint density at radius 2 is 1.64 bits per heavy atom. The zero-order valence-corrected chi connectivity index (χ0v) is 17.8. The van der Waals surface area contributed by atoms with Crippen molar-refractivity contribution < 1.29 is 41.1 Å². The molecule has 174 valence electrons. The molecule has 1 aliphatic carbocycles. The molecule has 33 heavy (non-hydrogen) atoms. The van der Waals surface area contributed by atoms with Crippen LogP contribution in [0.5, 0.6) is 0 Å². The van der Waals surface area contributed by atoms with Gasteiger partial charge in [-0.25, -0.2) is 26.9 Å². The van der Waals surface area contributed by atoms with Gasteiger partial charge >= 0.3 is 0 Å². The minimum absolute atomic E-state index is 0.0506. The standard InChI is InChI=1S/C21H12Cl2F5NO4/c1-2-8-5-6-20(22)18(31)29(17-15(27)13(25)12(24)14(26)16(17)28)19(32)21(20,23)11(8)10-4-3-9(7-30)33-10/h2-5,11,30H,1,6-7H2/t11-,20-,21+/m1/s1. The average Bonchev–Trinajstić information content (AvgIpc) is 3.33. The van der Waals surface area contributed by atoms with Gasteiger partial charge in [0.1, 0.15) is 23.8 Å². The second-order valence-corrected chi connectivity index (χ2v) is 8.63. The Bertz CT molecular complexity index is 1230. The molecule has 1 aliphatic heterocycles. The molecule has 2 aromatic rings. The molecule has 2 heterocycles. The summed E-state index contributed by atoms with van der Waals surface area (Å²) in [5.41, 5.74) is -1.54. The number of halogens is 7. The lowest BCUT2D eigenvalue weighted by Crippen LogP contribution is -2.54. The number of fused-ring (bicyclic) bond motifs is 1. The van der Waals surface area contributed by atoms with Gasteiger partial charge in [0.05, 0.1) is 5.92 Å². The van der Waals surface area contributed by atoms with Crippen molar-refractivity contribution in [3.63, 3.8) is 0 Å². The number of allylic oxidation sites excluding steroid dienone is 3. The number of rotatable bonds is 4. The molecule has 0 saturated carbocycles. The molecule has 1 saturated heterocycles. The summed E-state index contributed by atoms with van der Waals surface area (Å²) in [5.74, 6) is -16.3. The molecule has 0 unspecified atom stereocenters. The van der Waals surface area contributed by atoms with Gasteiger partial charge in [0.15, 0.2) is 33.0 Å².